The van der Waals surface area contributed by atoms with Gasteiger partial charge < -0.3 is 10.6 Å². The van der Waals surface area contributed by atoms with E-state index < -0.39 is 0 Å². The highest BCUT2D eigenvalue weighted by Crippen LogP contribution is 2.16. The van der Waals surface area contributed by atoms with Crippen LogP contribution in [0.25, 0.3) is 0 Å². The number of aromatic nitrogens is 2. The van der Waals surface area contributed by atoms with Crippen LogP contribution in [0.1, 0.15) is 30.8 Å². The molecule has 2 aromatic rings. The van der Waals surface area contributed by atoms with Crippen LogP contribution >= 0.6 is 11.8 Å². The van der Waals surface area contributed by atoms with E-state index in [0.717, 1.165) is 36.9 Å². The van der Waals surface area contributed by atoms with E-state index in [1.165, 1.54) is 16.2 Å². The first-order valence-electron chi connectivity index (χ1n) is 9.23. The molecule has 1 unspecified atom stereocenters. The minimum atomic E-state index is 0.288. The molecule has 0 aliphatic carbocycles. The SMILES string of the molecule is CCNC(=NCCSc1ccccc1)NC(C)Cc1c(C)nn(C)c1C. The van der Waals surface area contributed by atoms with Gasteiger partial charge in [-0.05, 0) is 51.8 Å². The average molecular weight is 374 g/mol. The van der Waals surface area contributed by atoms with Gasteiger partial charge in [0.1, 0.15) is 0 Å². The van der Waals surface area contributed by atoms with Gasteiger partial charge in [-0.15, -0.1) is 11.8 Å². The fraction of sp³-hybridized carbons (Fsp3) is 0.500. The van der Waals surface area contributed by atoms with Crippen molar-refractivity contribution in [2.75, 3.05) is 18.8 Å². The van der Waals surface area contributed by atoms with Crippen LogP contribution in [0, 0.1) is 13.8 Å². The predicted molar refractivity (Wildman–Crippen MR) is 112 cm³/mol. The molecule has 1 atom stereocenters. The van der Waals surface area contributed by atoms with Crippen LogP contribution in [0.5, 0.6) is 0 Å². The normalized spacial score (nSPS) is 12.9. The first-order valence-corrected chi connectivity index (χ1v) is 10.2. The van der Waals surface area contributed by atoms with Crippen LogP contribution in [0.3, 0.4) is 0 Å². The lowest BCUT2D eigenvalue weighted by atomic mass is 10.1. The van der Waals surface area contributed by atoms with Gasteiger partial charge in [-0.1, -0.05) is 18.2 Å². The average Bonchev–Trinajstić information content (AvgIpc) is 2.86. The summed E-state index contributed by atoms with van der Waals surface area (Å²) in [5.74, 6) is 1.85. The van der Waals surface area contributed by atoms with Crippen LogP contribution in [0.2, 0.25) is 0 Å². The van der Waals surface area contributed by atoms with E-state index in [4.69, 9.17) is 4.99 Å². The van der Waals surface area contributed by atoms with E-state index >= 15 is 0 Å². The van der Waals surface area contributed by atoms with Crippen LogP contribution < -0.4 is 10.6 Å². The number of nitrogens with zero attached hydrogens (tertiary/aromatic N) is 3. The maximum absolute atomic E-state index is 4.71. The summed E-state index contributed by atoms with van der Waals surface area (Å²) in [7, 11) is 2.00. The predicted octanol–water partition coefficient (Wildman–Crippen LogP) is 3.32. The molecular weight excluding hydrogens is 342 g/mol. The monoisotopic (exact) mass is 373 g/mol. The van der Waals surface area contributed by atoms with E-state index in [0.29, 0.717) is 0 Å². The third kappa shape index (κ3) is 6.09. The van der Waals surface area contributed by atoms with Crippen molar-refractivity contribution in [3.63, 3.8) is 0 Å². The summed E-state index contributed by atoms with van der Waals surface area (Å²) < 4.78 is 1.96. The van der Waals surface area contributed by atoms with Gasteiger partial charge in [-0.2, -0.15) is 5.10 Å². The van der Waals surface area contributed by atoms with Crippen molar-refractivity contribution in [3.8, 4) is 0 Å². The lowest BCUT2D eigenvalue weighted by molar-refractivity contribution is 0.636. The number of thioether (sulfide) groups is 1. The molecule has 2 N–H and O–H groups in total. The second-order valence-electron chi connectivity index (χ2n) is 6.44. The number of hydrogen-bond donors (Lipinski definition) is 2. The quantitative estimate of drug-likeness (QED) is 0.323. The summed E-state index contributed by atoms with van der Waals surface area (Å²) in [5.41, 5.74) is 3.67. The molecular formula is C20H31N5S. The number of benzene rings is 1. The molecule has 0 fully saturated rings. The number of aryl methyl sites for hydroxylation is 2. The molecule has 6 heteroatoms. The van der Waals surface area contributed by atoms with Gasteiger partial charge in [-0.25, -0.2) is 0 Å². The lowest BCUT2D eigenvalue weighted by Crippen LogP contribution is -2.43. The topological polar surface area (TPSA) is 54.2 Å². The largest absolute Gasteiger partial charge is 0.357 e. The van der Waals surface area contributed by atoms with Crippen molar-refractivity contribution in [1.29, 1.82) is 0 Å². The highest BCUT2D eigenvalue weighted by molar-refractivity contribution is 7.99. The first-order chi connectivity index (χ1) is 12.5. The third-order valence-corrected chi connectivity index (χ3v) is 5.26. The van der Waals surface area contributed by atoms with Gasteiger partial charge in [0.25, 0.3) is 0 Å². The molecule has 0 aliphatic rings. The summed E-state index contributed by atoms with van der Waals surface area (Å²) in [6, 6.07) is 10.7. The Hall–Kier alpha value is -1.95. The number of guanidine groups is 1. The van der Waals surface area contributed by atoms with E-state index in [1.807, 2.05) is 29.6 Å². The zero-order valence-electron chi connectivity index (χ0n) is 16.5. The van der Waals surface area contributed by atoms with Gasteiger partial charge in [0.2, 0.25) is 0 Å². The Balaban J connectivity index is 1.87. The second-order valence-corrected chi connectivity index (χ2v) is 7.61. The standard InChI is InChI=1S/C20H31N5S/c1-6-21-20(22-12-13-26-18-10-8-7-9-11-18)23-15(2)14-19-16(3)24-25(5)17(19)4/h7-11,15H,6,12-14H2,1-5H3,(H2,21,22,23). The Morgan fingerprint density at radius 1 is 1.27 bits per heavy atom. The Morgan fingerprint density at radius 3 is 2.62 bits per heavy atom. The summed E-state index contributed by atoms with van der Waals surface area (Å²) in [5, 5.41) is 11.4. The van der Waals surface area contributed by atoms with Crippen LogP contribution in [-0.2, 0) is 13.5 Å². The molecule has 0 bridgehead atoms. The van der Waals surface area contributed by atoms with Gasteiger partial charge in [-0.3, -0.25) is 9.67 Å². The van der Waals surface area contributed by atoms with E-state index in [9.17, 15) is 0 Å². The van der Waals surface area contributed by atoms with Gasteiger partial charge >= 0.3 is 0 Å². The van der Waals surface area contributed by atoms with Crippen molar-refractivity contribution < 1.29 is 0 Å². The third-order valence-electron chi connectivity index (χ3n) is 4.27. The summed E-state index contributed by atoms with van der Waals surface area (Å²) in [6.45, 7) is 10.1. The molecule has 5 nitrogen and oxygen atoms in total. The van der Waals surface area contributed by atoms with Crippen LogP contribution in [-0.4, -0.2) is 40.6 Å². The molecule has 2 rings (SSSR count). The van der Waals surface area contributed by atoms with Crippen LogP contribution in [0.4, 0.5) is 0 Å². The molecule has 1 heterocycles. The molecule has 0 saturated heterocycles. The van der Waals surface area contributed by atoms with E-state index in [-0.39, 0.29) is 6.04 Å². The number of rotatable bonds is 8. The number of hydrogen-bond acceptors (Lipinski definition) is 3. The molecule has 1 aromatic heterocycles. The van der Waals surface area contributed by atoms with E-state index in [2.05, 4.69) is 67.7 Å². The number of nitrogens with one attached hydrogen (secondary N) is 2. The van der Waals surface area contributed by atoms with Gasteiger partial charge in [0, 0.05) is 36.0 Å². The summed E-state index contributed by atoms with van der Waals surface area (Å²) in [4.78, 5) is 6.00. The lowest BCUT2D eigenvalue weighted by Gasteiger charge is -2.18. The fourth-order valence-electron chi connectivity index (χ4n) is 2.86. The van der Waals surface area contributed by atoms with Crippen molar-refractivity contribution in [3.05, 3.63) is 47.3 Å². The fourth-order valence-corrected chi connectivity index (χ4v) is 3.63. The molecule has 0 saturated carbocycles. The maximum atomic E-state index is 4.71. The van der Waals surface area contributed by atoms with Crippen molar-refractivity contribution >= 4 is 17.7 Å². The summed E-state index contributed by atoms with van der Waals surface area (Å²) >= 11 is 1.84. The second kappa shape index (κ2) is 10.3. The molecule has 1 aromatic carbocycles. The first kappa shape index (κ1) is 20.4. The minimum absolute atomic E-state index is 0.288. The van der Waals surface area contributed by atoms with Gasteiger partial charge in [0.05, 0.1) is 12.2 Å². The molecule has 0 spiro atoms. The molecule has 26 heavy (non-hydrogen) atoms. The smallest absolute Gasteiger partial charge is 0.191 e. The van der Waals surface area contributed by atoms with Crippen molar-refractivity contribution in [2.24, 2.45) is 12.0 Å². The zero-order chi connectivity index (χ0) is 18.9. The molecule has 0 radical (unpaired) electrons. The highest BCUT2D eigenvalue weighted by Gasteiger charge is 2.13. The maximum Gasteiger partial charge on any atom is 0.191 e. The number of aliphatic imine (C=N–C) groups is 1. The zero-order valence-corrected chi connectivity index (χ0v) is 17.4. The van der Waals surface area contributed by atoms with Crippen molar-refractivity contribution in [1.82, 2.24) is 20.4 Å². The van der Waals surface area contributed by atoms with Gasteiger partial charge in [0.15, 0.2) is 5.96 Å². The van der Waals surface area contributed by atoms with Crippen LogP contribution in [0.15, 0.2) is 40.2 Å². The molecule has 0 aliphatic heterocycles. The Morgan fingerprint density at radius 2 is 2.00 bits per heavy atom. The minimum Gasteiger partial charge on any atom is -0.357 e. The molecule has 0 amide bonds. The Labute approximate surface area is 161 Å². The highest BCUT2D eigenvalue weighted by atomic mass is 32.2. The van der Waals surface area contributed by atoms with E-state index in [1.54, 1.807) is 0 Å². The molecule has 142 valence electrons. The Kier molecular flexibility index (Phi) is 8.04. The van der Waals surface area contributed by atoms with Crippen molar-refractivity contribution in [2.45, 2.75) is 45.1 Å². The summed E-state index contributed by atoms with van der Waals surface area (Å²) in [6.07, 6.45) is 0.939. The Bertz CT molecular complexity index is 708.